The van der Waals surface area contributed by atoms with Crippen molar-refractivity contribution >= 4 is 51.6 Å². The summed E-state index contributed by atoms with van der Waals surface area (Å²) in [6.45, 7) is 2.42. The number of carbonyl (C=O) groups is 3. The van der Waals surface area contributed by atoms with E-state index in [1.165, 1.54) is 23.5 Å². The van der Waals surface area contributed by atoms with Crippen LogP contribution in [0.2, 0.25) is 0 Å². The first-order valence-corrected chi connectivity index (χ1v) is 14.9. The number of anilines is 2. The summed E-state index contributed by atoms with van der Waals surface area (Å²) in [5.74, 6) is -1.37. The van der Waals surface area contributed by atoms with Gasteiger partial charge in [-0.05, 0) is 49.6 Å². The standard InChI is InChI=1S/C29H26N6O5S2/c1-2-40-17-12-10-16(11-13-17)24-19(14-30)26(31)35(21-8-5-9-22(36)25(21)24)28-33-34-29(42-28)41-15-23(37)32-20-7-4-3-6-18(20)27(38)39/h3-4,6-7,10-13,24H,2,5,8-9,15,31H2,1H3,(H,32,37)(H,38,39). The van der Waals surface area contributed by atoms with Gasteiger partial charge in [0, 0.05) is 17.7 Å². The molecule has 1 aliphatic carbocycles. The van der Waals surface area contributed by atoms with Crippen LogP contribution in [0.4, 0.5) is 10.8 Å². The highest BCUT2D eigenvalue weighted by atomic mass is 32.2. The van der Waals surface area contributed by atoms with Crippen LogP contribution in [0.25, 0.3) is 0 Å². The van der Waals surface area contributed by atoms with Crippen molar-refractivity contribution in [3.05, 3.63) is 82.3 Å². The monoisotopic (exact) mass is 602 g/mol. The number of ether oxygens (including phenoxy) is 1. The van der Waals surface area contributed by atoms with Gasteiger partial charge in [-0.3, -0.25) is 14.5 Å². The number of carbonyl (C=O) groups excluding carboxylic acids is 2. The van der Waals surface area contributed by atoms with Gasteiger partial charge in [-0.1, -0.05) is 47.4 Å². The Morgan fingerprint density at radius 1 is 1.21 bits per heavy atom. The van der Waals surface area contributed by atoms with Gasteiger partial charge in [-0.2, -0.15) is 5.26 Å². The maximum atomic E-state index is 13.3. The third kappa shape index (κ3) is 5.72. The Hall–Kier alpha value is -4.67. The van der Waals surface area contributed by atoms with E-state index in [2.05, 4.69) is 21.6 Å². The average molecular weight is 603 g/mol. The number of Topliss-reactive ketones (excluding diaryl/α,β-unsaturated/α-hetero) is 1. The second-order valence-electron chi connectivity index (χ2n) is 9.36. The summed E-state index contributed by atoms with van der Waals surface area (Å²) in [6, 6.07) is 15.7. The largest absolute Gasteiger partial charge is 0.494 e. The van der Waals surface area contributed by atoms with E-state index >= 15 is 0 Å². The maximum absolute atomic E-state index is 13.3. The molecule has 1 amide bonds. The van der Waals surface area contributed by atoms with Crippen LogP contribution >= 0.6 is 23.1 Å². The SMILES string of the molecule is CCOc1ccc(C2C(C#N)=C(N)N(c3nnc(SCC(=O)Nc4ccccc4C(=O)O)s3)C3=C2C(=O)CCC3)cc1. The summed E-state index contributed by atoms with van der Waals surface area (Å²) in [4.78, 5) is 38.9. The fourth-order valence-electron chi connectivity index (χ4n) is 5.00. The third-order valence-electron chi connectivity index (χ3n) is 6.78. The molecule has 2 heterocycles. The van der Waals surface area contributed by atoms with E-state index in [0.717, 1.165) is 17.3 Å². The molecule has 5 rings (SSSR count). The predicted octanol–water partition coefficient (Wildman–Crippen LogP) is 4.67. The number of rotatable bonds is 9. The summed E-state index contributed by atoms with van der Waals surface area (Å²) in [7, 11) is 0. The van der Waals surface area contributed by atoms with Crippen molar-refractivity contribution in [1.29, 1.82) is 5.26 Å². The third-order valence-corrected chi connectivity index (χ3v) is 8.82. The van der Waals surface area contributed by atoms with Crippen molar-refractivity contribution in [1.82, 2.24) is 10.2 Å². The van der Waals surface area contributed by atoms with Crippen LogP contribution in [0, 0.1) is 11.3 Å². The Morgan fingerprint density at radius 3 is 2.69 bits per heavy atom. The fourth-order valence-corrected chi connectivity index (χ4v) is 6.69. The molecule has 1 unspecified atom stereocenters. The van der Waals surface area contributed by atoms with Crippen molar-refractivity contribution in [2.24, 2.45) is 5.73 Å². The van der Waals surface area contributed by atoms with E-state index in [0.29, 0.717) is 52.4 Å². The molecule has 13 heteroatoms. The highest BCUT2D eigenvalue weighted by Gasteiger charge is 2.41. The van der Waals surface area contributed by atoms with Crippen molar-refractivity contribution in [2.75, 3.05) is 22.6 Å². The van der Waals surface area contributed by atoms with E-state index in [9.17, 15) is 24.8 Å². The molecule has 0 radical (unpaired) electrons. The van der Waals surface area contributed by atoms with Crippen LogP contribution in [-0.2, 0) is 9.59 Å². The number of benzene rings is 2. The van der Waals surface area contributed by atoms with Gasteiger partial charge >= 0.3 is 5.97 Å². The Balaban J connectivity index is 1.40. The lowest BCUT2D eigenvalue weighted by atomic mass is 9.76. The number of amides is 1. The van der Waals surface area contributed by atoms with Gasteiger partial charge in [0.2, 0.25) is 11.0 Å². The Labute approximate surface area is 249 Å². The lowest BCUT2D eigenvalue weighted by molar-refractivity contribution is -0.116. The maximum Gasteiger partial charge on any atom is 0.337 e. The number of hydrogen-bond acceptors (Lipinski definition) is 11. The number of thioether (sulfide) groups is 1. The fraction of sp³-hybridized carbons (Fsp3) is 0.241. The Morgan fingerprint density at radius 2 is 1.98 bits per heavy atom. The molecule has 1 atom stereocenters. The van der Waals surface area contributed by atoms with Crippen LogP contribution in [0.1, 0.15) is 48.0 Å². The Kier molecular flexibility index (Phi) is 8.56. The molecule has 11 nitrogen and oxygen atoms in total. The summed E-state index contributed by atoms with van der Waals surface area (Å²) < 4.78 is 6.02. The number of nitrogens with one attached hydrogen (secondary N) is 1. The first-order chi connectivity index (χ1) is 20.3. The normalized spacial score (nSPS) is 16.6. The molecule has 0 fully saturated rings. The molecule has 0 bridgehead atoms. The number of aromatic nitrogens is 2. The first-order valence-electron chi connectivity index (χ1n) is 13.1. The zero-order valence-corrected chi connectivity index (χ0v) is 24.1. The van der Waals surface area contributed by atoms with Crippen LogP contribution in [-0.4, -0.2) is 45.3 Å². The van der Waals surface area contributed by atoms with Crippen molar-refractivity contribution in [3.63, 3.8) is 0 Å². The number of carboxylic acid groups (broad SMARTS) is 1. The molecule has 0 saturated heterocycles. The van der Waals surface area contributed by atoms with Crippen molar-refractivity contribution in [2.45, 2.75) is 36.4 Å². The molecular formula is C29H26N6O5S2. The number of hydrogen-bond donors (Lipinski definition) is 3. The first kappa shape index (κ1) is 28.8. The van der Waals surface area contributed by atoms with Gasteiger partial charge in [-0.15, -0.1) is 10.2 Å². The van der Waals surface area contributed by atoms with Gasteiger partial charge in [0.05, 0.1) is 41.2 Å². The van der Waals surface area contributed by atoms with Gasteiger partial charge in [-0.25, -0.2) is 4.79 Å². The number of nitriles is 1. The van der Waals surface area contributed by atoms with Crippen LogP contribution in [0.3, 0.4) is 0 Å². The molecule has 1 aromatic heterocycles. The zero-order chi connectivity index (χ0) is 29.8. The second-order valence-corrected chi connectivity index (χ2v) is 11.5. The number of carboxylic acids is 1. The van der Waals surface area contributed by atoms with Crippen LogP contribution in [0.5, 0.6) is 5.75 Å². The minimum Gasteiger partial charge on any atom is -0.494 e. The molecule has 1 aliphatic heterocycles. The molecule has 4 N–H and O–H groups in total. The molecule has 2 aliphatic rings. The highest BCUT2D eigenvalue weighted by molar-refractivity contribution is 8.01. The van der Waals surface area contributed by atoms with Crippen LogP contribution in [0.15, 0.2) is 75.5 Å². The Bertz CT molecular complexity index is 1660. The number of ketones is 1. The van der Waals surface area contributed by atoms with Gasteiger partial charge in [0.15, 0.2) is 10.1 Å². The average Bonchev–Trinajstić information content (AvgIpc) is 3.45. The number of aromatic carboxylic acids is 1. The number of para-hydroxylation sites is 1. The highest BCUT2D eigenvalue weighted by Crippen LogP contribution is 2.47. The van der Waals surface area contributed by atoms with Crippen molar-refractivity contribution < 1.29 is 24.2 Å². The van der Waals surface area contributed by atoms with Gasteiger partial charge in [0.25, 0.3) is 0 Å². The van der Waals surface area contributed by atoms with Gasteiger partial charge < -0.3 is 20.9 Å². The van der Waals surface area contributed by atoms with Crippen molar-refractivity contribution in [3.8, 4) is 11.8 Å². The summed E-state index contributed by atoms with van der Waals surface area (Å²) >= 11 is 2.31. The molecular weight excluding hydrogens is 576 g/mol. The number of allylic oxidation sites excluding steroid dienone is 3. The van der Waals surface area contributed by atoms with E-state index < -0.39 is 17.8 Å². The van der Waals surface area contributed by atoms with E-state index in [4.69, 9.17) is 10.5 Å². The second kappa shape index (κ2) is 12.5. The van der Waals surface area contributed by atoms with E-state index in [-0.39, 0.29) is 34.2 Å². The lowest BCUT2D eigenvalue weighted by Gasteiger charge is -2.38. The topological polar surface area (TPSA) is 172 Å². The molecule has 0 saturated carbocycles. The number of nitrogens with two attached hydrogens (primary N) is 1. The van der Waals surface area contributed by atoms with E-state index in [1.54, 1.807) is 17.0 Å². The lowest BCUT2D eigenvalue weighted by Crippen LogP contribution is -2.38. The minimum absolute atomic E-state index is 0.00985. The molecule has 0 spiro atoms. The summed E-state index contributed by atoms with van der Waals surface area (Å²) in [6.07, 6.45) is 1.58. The molecule has 2 aromatic carbocycles. The number of nitrogens with zero attached hydrogens (tertiary/aromatic N) is 4. The minimum atomic E-state index is -1.14. The predicted molar refractivity (Wildman–Crippen MR) is 158 cm³/mol. The summed E-state index contributed by atoms with van der Waals surface area (Å²) in [5, 5.41) is 31.0. The molecule has 3 aromatic rings. The quantitative estimate of drug-likeness (QED) is 0.291. The van der Waals surface area contributed by atoms with Gasteiger partial charge in [0.1, 0.15) is 11.6 Å². The zero-order valence-electron chi connectivity index (χ0n) is 22.5. The molecule has 214 valence electrons. The van der Waals surface area contributed by atoms with E-state index in [1.807, 2.05) is 31.2 Å². The van der Waals surface area contributed by atoms with Crippen LogP contribution < -0.4 is 20.7 Å². The summed E-state index contributed by atoms with van der Waals surface area (Å²) in [5.41, 5.74) is 9.03. The smallest absolute Gasteiger partial charge is 0.337 e. The molecule has 42 heavy (non-hydrogen) atoms.